The van der Waals surface area contributed by atoms with Gasteiger partial charge in [0.05, 0.1) is 38.7 Å². The van der Waals surface area contributed by atoms with Crippen LogP contribution in [0.1, 0.15) is 23.0 Å². The number of carbonyl (C=O) groups excluding carboxylic acids is 1. The van der Waals surface area contributed by atoms with E-state index >= 15 is 0 Å². The Bertz CT molecular complexity index is 1120. The van der Waals surface area contributed by atoms with E-state index < -0.39 is 32.9 Å². The predicted molar refractivity (Wildman–Crippen MR) is 96.7 cm³/mol. The molecule has 0 N–H and O–H groups in total. The largest absolute Gasteiger partial charge is 0.863 e. The molecule has 3 aromatic rings. The maximum atomic E-state index is 12.5. The Balaban J connectivity index is 2.58. The Morgan fingerprint density at radius 3 is 2.32 bits per heavy atom. The van der Waals surface area contributed by atoms with Gasteiger partial charge in [0, 0.05) is 17.4 Å². The van der Waals surface area contributed by atoms with Crippen molar-refractivity contribution in [3.05, 3.63) is 67.9 Å². The molecule has 1 heterocycles. The number of aromatic nitrogens is 1. The molecular weight excluding hydrogens is 370 g/mol. The van der Waals surface area contributed by atoms with Crippen LogP contribution in [0.25, 0.3) is 16.6 Å². The van der Waals surface area contributed by atoms with Gasteiger partial charge in [-0.1, -0.05) is 18.2 Å². The fourth-order valence-electron chi connectivity index (χ4n) is 3.19. The molecule has 0 spiro atoms. The Morgan fingerprint density at radius 1 is 1.14 bits per heavy atom. The van der Waals surface area contributed by atoms with Crippen LogP contribution >= 0.6 is 0 Å². The lowest BCUT2D eigenvalue weighted by Crippen LogP contribution is -2.08. The molecule has 0 unspecified atom stereocenters. The Kier molecular flexibility index (Phi) is 4.70. The highest BCUT2D eigenvalue weighted by Gasteiger charge is 2.32. The standard InChI is InChI=1S/C18H15N3O7/c1-3-28-18(23)14-10(2)19(11-7-5-4-6-8-11)12-9-13(20(24)25)17(22)16(15(12)14)21(26)27/h4-9,22H,3H2,1-2H3/p-1. The first kappa shape index (κ1) is 18.8. The number of hydrogen-bond acceptors (Lipinski definition) is 7. The minimum atomic E-state index is -1.36. The topological polar surface area (TPSA) is 141 Å². The number of benzene rings is 2. The number of hydrogen-bond donors (Lipinski definition) is 0. The molecule has 1 aromatic heterocycles. The van der Waals surface area contributed by atoms with Crippen LogP contribution in [0.5, 0.6) is 5.75 Å². The van der Waals surface area contributed by atoms with E-state index in [1.165, 1.54) is 11.5 Å². The zero-order valence-corrected chi connectivity index (χ0v) is 14.9. The molecule has 10 heteroatoms. The van der Waals surface area contributed by atoms with Crippen LogP contribution in [0.2, 0.25) is 0 Å². The predicted octanol–water partition coefficient (Wildman–Crippen LogP) is 3.01. The third kappa shape index (κ3) is 2.80. The van der Waals surface area contributed by atoms with E-state index in [1.807, 2.05) is 0 Å². The number of nitrogens with zero attached hydrogens (tertiary/aromatic N) is 3. The quantitative estimate of drug-likeness (QED) is 0.374. The maximum absolute atomic E-state index is 12.5. The van der Waals surface area contributed by atoms with Crippen LogP contribution < -0.4 is 5.11 Å². The third-order valence-electron chi connectivity index (χ3n) is 4.28. The van der Waals surface area contributed by atoms with Crippen LogP contribution in [0.4, 0.5) is 11.4 Å². The number of carbonyl (C=O) groups is 1. The average Bonchev–Trinajstić information content (AvgIpc) is 2.93. The summed E-state index contributed by atoms with van der Waals surface area (Å²) in [5.41, 5.74) is -1.34. The van der Waals surface area contributed by atoms with E-state index in [0.717, 1.165) is 6.07 Å². The highest BCUT2D eigenvalue weighted by atomic mass is 16.6. The minimum Gasteiger partial charge on any atom is -0.863 e. The summed E-state index contributed by atoms with van der Waals surface area (Å²) in [5.74, 6) is -2.21. The lowest BCUT2D eigenvalue weighted by atomic mass is 10.1. The molecule has 0 aliphatic rings. The molecule has 0 radical (unpaired) electrons. The Morgan fingerprint density at radius 2 is 1.79 bits per heavy atom. The molecule has 3 rings (SSSR count). The third-order valence-corrected chi connectivity index (χ3v) is 4.28. The molecule has 0 saturated heterocycles. The molecule has 144 valence electrons. The lowest BCUT2D eigenvalue weighted by molar-refractivity contribution is -0.415. The number of ether oxygens (including phenoxy) is 1. The van der Waals surface area contributed by atoms with E-state index in [1.54, 1.807) is 37.3 Å². The zero-order valence-electron chi connectivity index (χ0n) is 14.9. The number of esters is 1. The normalized spacial score (nSPS) is 10.8. The molecule has 2 aromatic carbocycles. The fourth-order valence-corrected chi connectivity index (χ4v) is 3.19. The first-order valence-electron chi connectivity index (χ1n) is 8.19. The monoisotopic (exact) mass is 384 g/mol. The highest BCUT2D eigenvalue weighted by molar-refractivity contribution is 6.12. The van der Waals surface area contributed by atoms with Gasteiger partial charge in [0.2, 0.25) is 0 Å². The van der Waals surface area contributed by atoms with E-state index in [2.05, 4.69) is 0 Å². The highest BCUT2D eigenvalue weighted by Crippen LogP contribution is 2.44. The number of nitro benzene ring substituents is 2. The molecule has 0 saturated carbocycles. The van der Waals surface area contributed by atoms with Crippen molar-refractivity contribution in [1.29, 1.82) is 0 Å². The van der Waals surface area contributed by atoms with E-state index in [9.17, 15) is 30.1 Å². The Hall–Kier alpha value is -3.95. The van der Waals surface area contributed by atoms with Gasteiger partial charge in [-0.2, -0.15) is 0 Å². The van der Waals surface area contributed by atoms with Gasteiger partial charge in [-0.25, -0.2) is 4.79 Å². The molecule has 0 aliphatic carbocycles. The number of rotatable bonds is 5. The second-order valence-electron chi connectivity index (χ2n) is 5.83. The van der Waals surface area contributed by atoms with Crippen molar-refractivity contribution in [2.45, 2.75) is 13.8 Å². The number of fused-ring (bicyclic) bond motifs is 1. The van der Waals surface area contributed by atoms with Crippen molar-refractivity contribution in [3.8, 4) is 11.4 Å². The van der Waals surface area contributed by atoms with Crippen LogP contribution in [0.15, 0.2) is 36.4 Å². The van der Waals surface area contributed by atoms with Crippen molar-refractivity contribution in [1.82, 2.24) is 4.57 Å². The van der Waals surface area contributed by atoms with Crippen LogP contribution in [-0.4, -0.2) is 27.0 Å². The van der Waals surface area contributed by atoms with Gasteiger partial charge in [-0.15, -0.1) is 0 Å². The van der Waals surface area contributed by atoms with Gasteiger partial charge in [-0.3, -0.25) is 20.2 Å². The van der Waals surface area contributed by atoms with Crippen molar-refractivity contribution in [3.63, 3.8) is 0 Å². The molecule has 0 fully saturated rings. The molecular formula is C18H14N3O7-. The fraction of sp³-hybridized carbons (Fsp3) is 0.167. The number of nitro groups is 2. The Labute approximate surface area is 157 Å². The van der Waals surface area contributed by atoms with Crippen LogP contribution in [0.3, 0.4) is 0 Å². The second-order valence-corrected chi connectivity index (χ2v) is 5.83. The summed E-state index contributed by atoms with van der Waals surface area (Å²) in [6.07, 6.45) is 0. The minimum absolute atomic E-state index is 0.00440. The second kappa shape index (κ2) is 6.99. The molecule has 10 nitrogen and oxygen atoms in total. The van der Waals surface area contributed by atoms with E-state index in [0.29, 0.717) is 5.69 Å². The lowest BCUT2D eigenvalue weighted by Gasteiger charge is -2.11. The summed E-state index contributed by atoms with van der Waals surface area (Å²) in [6, 6.07) is 9.45. The first-order chi connectivity index (χ1) is 13.3. The molecule has 0 bridgehead atoms. The summed E-state index contributed by atoms with van der Waals surface area (Å²) in [5, 5.41) is 35.1. The van der Waals surface area contributed by atoms with Gasteiger partial charge in [-0.05, 0) is 26.0 Å². The molecule has 0 amide bonds. The van der Waals surface area contributed by atoms with Gasteiger partial charge >= 0.3 is 5.97 Å². The van der Waals surface area contributed by atoms with Gasteiger partial charge in [0.15, 0.2) is 0 Å². The van der Waals surface area contributed by atoms with Gasteiger partial charge in [0.25, 0.3) is 11.4 Å². The van der Waals surface area contributed by atoms with E-state index in [4.69, 9.17) is 4.74 Å². The molecule has 0 aliphatic heterocycles. The van der Waals surface area contributed by atoms with Gasteiger partial charge in [0.1, 0.15) is 0 Å². The summed E-state index contributed by atoms with van der Waals surface area (Å²) in [6.45, 7) is 3.11. The summed E-state index contributed by atoms with van der Waals surface area (Å²) in [4.78, 5) is 33.5. The molecule has 28 heavy (non-hydrogen) atoms. The SMILES string of the molecule is CCOC(=O)c1c(C)n(-c2ccccc2)c2cc([N+](=O)[O-])c([O-])c([N+](=O)[O-])c12. The van der Waals surface area contributed by atoms with Crippen LogP contribution in [-0.2, 0) is 4.74 Å². The first-order valence-corrected chi connectivity index (χ1v) is 8.19. The molecule has 0 atom stereocenters. The van der Waals surface area contributed by atoms with Crippen molar-refractivity contribution >= 4 is 28.2 Å². The van der Waals surface area contributed by atoms with Crippen molar-refractivity contribution in [2.24, 2.45) is 0 Å². The average molecular weight is 384 g/mol. The van der Waals surface area contributed by atoms with Crippen molar-refractivity contribution < 1.29 is 24.5 Å². The van der Waals surface area contributed by atoms with Gasteiger partial charge < -0.3 is 14.4 Å². The number of para-hydroxylation sites is 1. The zero-order chi connectivity index (χ0) is 20.6. The van der Waals surface area contributed by atoms with E-state index in [-0.39, 0.29) is 28.8 Å². The van der Waals surface area contributed by atoms with Crippen LogP contribution in [0, 0.1) is 27.2 Å². The smallest absolute Gasteiger partial charge is 0.340 e. The summed E-state index contributed by atoms with van der Waals surface area (Å²) >= 11 is 0. The maximum Gasteiger partial charge on any atom is 0.340 e. The summed E-state index contributed by atoms with van der Waals surface area (Å²) < 4.78 is 6.47. The summed E-state index contributed by atoms with van der Waals surface area (Å²) in [7, 11) is 0. The van der Waals surface area contributed by atoms with Crippen molar-refractivity contribution in [2.75, 3.05) is 6.61 Å².